The molecule has 0 atom stereocenters. The van der Waals surface area contributed by atoms with Gasteiger partial charge in [0, 0.05) is 6.54 Å². The number of nitrogens with one attached hydrogen (secondary N) is 1. The molecule has 2 heteroatoms. The summed E-state index contributed by atoms with van der Waals surface area (Å²) in [7, 11) is 0. The van der Waals surface area contributed by atoms with Crippen LogP contribution in [-0.2, 0) is 4.79 Å². The average molecular weight is 149 g/mol. The number of rotatable bonds is 3. The Labute approximate surface area is 66.3 Å². The Morgan fingerprint density at radius 3 is 2.73 bits per heavy atom. The van der Waals surface area contributed by atoms with E-state index in [9.17, 15) is 4.79 Å². The third-order valence-electron chi connectivity index (χ3n) is 1.47. The zero-order chi connectivity index (χ0) is 8.10. The summed E-state index contributed by atoms with van der Waals surface area (Å²) in [6.07, 6.45) is 9.13. The molecule has 0 radical (unpaired) electrons. The van der Waals surface area contributed by atoms with Crippen LogP contribution in [0.4, 0.5) is 0 Å². The highest BCUT2D eigenvalue weighted by Crippen LogP contribution is 2.07. The summed E-state index contributed by atoms with van der Waals surface area (Å²) in [4.78, 5) is 11.1. The Bertz CT molecular complexity index is 204. The fourth-order valence-electron chi connectivity index (χ4n) is 0.897. The summed E-state index contributed by atoms with van der Waals surface area (Å²) >= 11 is 0. The fourth-order valence-corrected chi connectivity index (χ4v) is 0.897. The molecule has 1 amide bonds. The molecule has 0 saturated carbocycles. The van der Waals surface area contributed by atoms with Crippen molar-refractivity contribution < 1.29 is 4.79 Å². The normalized spacial score (nSPS) is 15.3. The van der Waals surface area contributed by atoms with Gasteiger partial charge in [0.2, 0.25) is 5.91 Å². The molecular weight excluding hydrogens is 138 g/mol. The largest absolute Gasteiger partial charge is 0.352 e. The number of carbonyl (C=O) groups is 1. The quantitative estimate of drug-likeness (QED) is 0.596. The first-order chi connectivity index (χ1) is 5.34. The molecule has 0 aromatic rings. The molecule has 1 aliphatic carbocycles. The van der Waals surface area contributed by atoms with E-state index < -0.39 is 0 Å². The molecule has 0 unspecified atom stereocenters. The number of amides is 1. The smallest absolute Gasteiger partial charge is 0.231 e. The van der Waals surface area contributed by atoms with Crippen molar-refractivity contribution in [2.45, 2.75) is 0 Å². The van der Waals surface area contributed by atoms with Crippen LogP contribution in [0.3, 0.4) is 0 Å². The lowest BCUT2D eigenvalue weighted by molar-refractivity contribution is -0.122. The lowest BCUT2D eigenvalue weighted by Gasteiger charge is -2.04. The van der Waals surface area contributed by atoms with Gasteiger partial charge in [-0.1, -0.05) is 30.4 Å². The van der Waals surface area contributed by atoms with Crippen LogP contribution in [0.1, 0.15) is 0 Å². The van der Waals surface area contributed by atoms with E-state index in [2.05, 4.69) is 11.9 Å². The fraction of sp³-hybridized carbons (Fsp3) is 0.222. The van der Waals surface area contributed by atoms with Gasteiger partial charge in [-0.2, -0.15) is 0 Å². The second-order valence-corrected chi connectivity index (χ2v) is 2.33. The van der Waals surface area contributed by atoms with Gasteiger partial charge in [0.05, 0.1) is 5.92 Å². The maximum Gasteiger partial charge on any atom is 0.231 e. The van der Waals surface area contributed by atoms with Crippen LogP contribution in [0.2, 0.25) is 0 Å². The Balaban J connectivity index is 2.35. The van der Waals surface area contributed by atoms with Gasteiger partial charge in [-0.25, -0.2) is 0 Å². The van der Waals surface area contributed by atoms with Gasteiger partial charge >= 0.3 is 0 Å². The average Bonchev–Trinajstić information content (AvgIpc) is 2.52. The van der Waals surface area contributed by atoms with Crippen LogP contribution in [0.5, 0.6) is 0 Å². The first-order valence-corrected chi connectivity index (χ1v) is 3.58. The Morgan fingerprint density at radius 2 is 2.18 bits per heavy atom. The third kappa shape index (κ3) is 2.08. The highest BCUT2D eigenvalue weighted by atomic mass is 16.1. The molecule has 1 aliphatic rings. The SMILES string of the molecule is C=CCNC(=O)C1C=CC=C1. The highest BCUT2D eigenvalue weighted by molar-refractivity contribution is 5.83. The molecule has 11 heavy (non-hydrogen) atoms. The van der Waals surface area contributed by atoms with Crippen molar-refractivity contribution in [3.8, 4) is 0 Å². The standard InChI is InChI=1S/C9H11NO/c1-2-7-10-9(11)8-5-3-4-6-8/h2-6,8H,1,7H2,(H,10,11). The van der Waals surface area contributed by atoms with Crippen LogP contribution in [0, 0.1) is 5.92 Å². The molecule has 0 aromatic heterocycles. The first kappa shape index (κ1) is 7.79. The van der Waals surface area contributed by atoms with E-state index in [1.54, 1.807) is 6.08 Å². The van der Waals surface area contributed by atoms with E-state index in [0.29, 0.717) is 6.54 Å². The molecule has 1 N–H and O–H groups in total. The second-order valence-electron chi connectivity index (χ2n) is 2.33. The third-order valence-corrected chi connectivity index (χ3v) is 1.47. The molecule has 2 nitrogen and oxygen atoms in total. The van der Waals surface area contributed by atoms with Crippen molar-refractivity contribution >= 4 is 5.91 Å². The molecule has 0 saturated heterocycles. The minimum absolute atomic E-state index is 0.0369. The van der Waals surface area contributed by atoms with Gasteiger partial charge in [-0.3, -0.25) is 4.79 Å². The van der Waals surface area contributed by atoms with Crippen LogP contribution < -0.4 is 5.32 Å². The lowest BCUT2D eigenvalue weighted by atomic mass is 10.1. The van der Waals surface area contributed by atoms with Crippen molar-refractivity contribution in [2.24, 2.45) is 5.92 Å². The van der Waals surface area contributed by atoms with Gasteiger partial charge in [0.25, 0.3) is 0 Å². The highest BCUT2D eigenvalue weighted by Gasteiger charge is 2.11. The molecule has 0 fully saturated rings. The predicted molar refractivity (Wildman–Crippen MR) is 45.0 cm³/mol. The van der Waals surface area contributed by atoms with E-state index in [4.69, 9.17) is 0 Å². The lowest BCUT2D eigenvalue weighted by Crippen LogP contribution is -2.28. The maximum absolute atomic E-state index is 11.1. The summed E-state index contributed by atoms with van der Waals surface area (Å²) in [6, 6.07) is 0. The summed E-state index contributed by atoms with van der Waals surface area (Å²) < 4.78 is 0. The predicted octanol–water partition coefficient (Wildman–Crippen LogP) is 1.03. The molecule has 1 rings (SSSR count). The number of hydrogen-bond acceptors (Lipinski definition) is 1. The Kier molecular flexibility index (Phi) is 2.66. The van der Waals surface area contributed by atoms with Gasteiger partial charge in [-0.05, 0) is 0 Å². The summed E-state index contributed by atoms with van der Waals surface area (Å²) in [6.45, 7) is 4.05. The van der Waals surface area contributed by atoms with E-state index in [0.717, 1.165) is 0 Å². The summed E-state index contributed by atoms with van der Waals surface area (Å²) in [5.74, 6) is -0.0372. The van der Waals surface area contributed by atoms with E-state index in [-0.39, 0.29) is 11.8 Å². The van der Waals surface area contributed by atoms with Crippen molar-refractivity contribution in [1.82, 2.24) is 5.32 Å². The topological polar surface area (TPSA) is 29.1 Å². The Hall–Kier alpha value is -1.31. The van der Waals surface area contributed by atoms with Crippen LogP contribution in [0.25, 0.3) is 0 Å². The van der Waals surface area contributed by atoms with Gasteiger partial charge in [0.15, 0.2) is 0 Å². The van der Waals surface area contributed by atoms with Gasteiger partial charge < -0.3 is 5.32 Å². The molecule has 0 aliphatic heterocycles. The zero-order valence-corrected chi connectivity index (χ0v) is 6.29. The number of hydrogen-bond donors (Lipinski definition) is 1. The second kappa shape index (κ2) is 3.76. The van der Waals surface area contributed by atoms with Crippen LogP contribution >= 0.6 is 0 Å². The summed E-state index contributed by atoms with van der Waals surface area (Å²) in [5, 5.41) is 2.71. The molecule has 0 bridgehead atoms. The minimum Gasteiger partial charge on any atom is -0.352 e. The van der Waals surface area contributed by atoms with E-state index >= 15 is 0 Å². The van der Waals surface area contributed by atoms with Gasteiger partial charge in [0.1, 0.15) is 0 Å². The van der Waals surface area contributed by atoms with E-state index in [1.807, 2.05) is 24.3 Å². The molecule has 0 aromatic carbocycles. The van der Waals surface area contributed by atoms with E-state index in [1.165, 1.54) is 0 Å². The molecule has 0 heterocycles. The Morgan fingerprint density at radius 1 is 1.55 bits per heavy atom. The number of carbonyl (C=O) groups excluding carboxylic acids is 1. The molecular formula is C9H11NO. The first-order valence-electron chi connectivity index (χ1n) is 3.58. The zero-order valence-electron chi connectivity index (χ0n) is 6.29. The van der Waals surface area contributed by atoms with Crippen molar-refractivity contribution in [2.75, 3.05) is 6.54 Å². The maximum atomic E-state index is 11.1. The minimum atomic E-state index is -0.0741. The van der Waals surface area contributed by atoms with Crippen molar-refractivity contribution in [3.05, 3.63) is 37.0 Å². The molecule has 58 valence electrons. The monoisotopic (exact) mass is 149 g/mol. The van der Waals surface area contributed by atoms with Crippen molar-refractivity contribution in [1.29, 1.82) is 0 Å². The van der Waals surface area contributed by atoms with Crippen LogP contribution in [0.15, 0.2) is 37.0 Å². The number of allylic oxidation sites excluding steroid dienone is 2. The van der Waals surface area contributed by atoms with Crippen LogP contribution in [-0.4, -0.2) is 12.5 Å². The van der Waals surface area contributed by atoms with Gasteiger partial charge in [-0.15, -0.1) is 6.58 Å². The van der Waals surface area contributed by atoms with Crippen molar-refractivity contribution in [3.63, 3.8) is 0 Å². The summed E-state index contributed by atoms with van der Waals surface area (Å²) in [5.41, 5.74) is 0. The molecule has 0 spiro atoms.